The molecule has 0 fully saturated rings. The van der Waals surface area contributed by atoms with E-state index < -0.39 is 10.0 Å². The van der Waals surface area contributed by atoms with Crippen molar-refractivity contribution in [1.29, 1.82) is 0 Å². The molecule has 0 saturated carbocycles. The first-order valence-electron chi connectivity index (χ1n) is 11.4. The lowest BCUT2D eigenvalue weighted by Crippen LogP contribution is -2.31. The van der Waals surface area contributed by atoms with Crippen LogP contribution < -0.4 is 4.90 Å². The minimum Gasteiger partial charge on any atom is -0.279 e. The lowest BCUT2D eigenvalue weighted by atomic mass is 10.1. The van der Waals surface area contributed by atoms with Crippen LogP contribution in [0.15, 0.2) is 65.8 Å². The number of rotatable bonds is 8. The number of hydrogen-bond acceptors (Lipinski definition) is 6. The Balaban J connectivity index is 1.73. The number of benzene rings is 2. The molecule has 35 heavy (non-hydrogen) atoms. The molecule has 4 rings (SSSR count). The highest BCUT2D eigenvalue weighted by Crippen LogP contribution is 2.33. The topological polar surface area (TPSA) is 83.5 Å². The number of sulfonamides is 1. The van der Waals surface area contributed by atoms with Gasteiger partial charge in [-0.15, -0.1) is 0 Å². The van der Waals surface area contributed by atoms with Crippen molar-refractivity contribution in [1.82, 2.24) is 14.3 Å². The highest BCUT2D eigenvalue weighted by molar-refractivity contribution is 7.89. The highest BCUT2D eigenvalue weighted by atomic mass is 32.2. The molecule has 2 aromatic carbocycles. The quantitative estimate of drug-likeness (QED) is 0.327. The van der Waals surface area contributed by atoms with Gasteiger partial charge in [-0.25, -0.2) is 13.4 Å². The Bertz CT molecular complexity index is 1450. The maximum Gasteiger partial charge on any atom is 0.260 e. The van der Waals surface area contributed by atoms with Crippen molar-refractivity contribution < 1.29 is 13.2 Å². The summed E-state index contributed by atoms with van der Waals surface area (Å²) in [6, 6.07) is 14.0. The third kappa shape index (κ3) is 5.12. The number of hydrogen-bond donors (Lipinski definition) is 0. The van der Waals surface area contributed by atoms with Gasteiger partial charge in [0, 0.05) is 31.0 Å². The van der Waals surface area contributed by atoms with Gasteiger partial charge in [0.1, 0.15) is 0 Å². The first-order valence-corrected chi connectivity index (χ1v) is 13.7. The Kier molecular flexibility index (Phi) is 7.30. The van der Waals surface area contributed by atoms with Crippen molar-refractivity contribution in [3.63, 3.8) is 0 Å². The van der Waals surface area contributed by atoms with Gasteiger partial charge < -0.3 is 0 Å². The first-order chi connectivity index (χ1) is 16.7. The van der Waals surface area contributed by atoms with E-state index in [4.69, 9.17) is 4.98 Å². The van der Waals surface area contributed by atoms with Crippen LogP contribution in [0.3, 0.4) is 0 Å². The van der Waals surface area contributed by atoms with Crippen molar-refractivity contribution in [3.05, 3.63) is 83.2 Å². The molecule has 0 spiro atoms. The van der Waals surface area contributed by atoms with Crippen molar-refractivity contribution in [2.45, 2.75) is 39.1 Å². The molecule has 9 heteroatoms. The summed E-state index contributed by atoms with van der Waals surface area (Å²) in [5, 5.41) is 0.586. The normalized spacial score (nSPS) is 11.8. The van der Waals surface area contributed by atoms with Gasteiger partial charge in [0.2, 0.25) is 10.0 Å². The SMILES string of the molecule is CCN(CC)S(=O)(=O)c1ccc(C(=O)N(Cc2cccnc2)c2nc3c(C)cc(C)cc3s2)cc1. The summed E-state index contributed by atoms with van der Waals surface area (Å²) in [6.45, 7) is 8.72. The van der Waals surface area contributed by atoms with Gasteiger partial charge in [0.15, 0.2) is 5.13 Å². The fourth-order valence-corrected chi connectivity index (χ4v) is 6.61. The molecule has 0 saturated heterocycles. The maximum atomic E-state index is 13.7. The molecule has 7 nitrogen and oxygen atoms in total. The smallest absolute Gasteiger partial charge is 0.260 e. The lowest BCUT2D eigenvalue weighted by molar-refractivity contribution is 0.0985. The third-order valence-electron chi connectivity index (χ3n) is 5.80. The number of carbonyl (C=O) groups excluding carboxylic acids is 1. The van der Waals surface area contributed by atoms with Gasteiger partial charge in [-0.3, -0.25) is 14.7 Å². The molecular weight excluding hydrogens is 480 g/mol. The predicted molar refractivity (Wildman–Crippen MR) is 140 cm³/mol. The van der Waals surface area contributed by atoms with Crippen LogP contribution in [0, 0.1) is 13.8 Å². The molecule has 0 radical (unpaired) electrons. The number of thiazole rings is 1. The van der Waals surface area contributed by atoms with Crippen LogP contribution in [0.1, 0.15) is 40.9 Å². The van der Waals surface area contributed by atoms with Crippen LogP contribution in [0.25, 0.3) is 10.2 Å². The Morgan fingerprint density at radius 2 is 1.74 bits per heavy atom. The van der Waals surface area contributed by atoms with Crippen LogP contribution in [-0.2, 0) is 16.6 Å². The van der Waals surface area contributed by atoms with Crippen molar-refractivity contribution in [2.75, 3.05) is 18.0 Å². The molecule has 0 N–H and O–H groups in total. The van der Waals surface area contributed by atoms with E-state index in [-0.39, 0.29) is 10.8 Å². The number of anilines is 1. The number of fused-ring (bicyclic) bond motifs is 1. The number of carbonyl (C=O) groups is 1. The first kappa shape index (κ1) is 25.0. The second-order valence-electron chi connectivity index (χ2n) is 8.29. The number of nitrogens with zero attached hydrogens (tertiary/aromatic N) is 4. The number of pyridine rings is 1. The van der Waals surface area contributed by atoms with Gasteiger partial charge in [0.05, 0.1) is 21.7 Å². The minimum absolute atomic E-state index is 0.169. The number of amides is 1. The Hall–Kier alpha value is -3.14. The molecular formula is C26H28N4O3S2. The second kappa shape index (κ2) is 10.2. The maximum absolute atomic E-state index is 13.7. The summed E-state index contributed by atoms with van der Waals surface area (Å²) in [7, 11) is -3.60. The molecule has 0 aliphatic rings. The molecule has 0 aliphatic carbocycles. The van der Waals surface area contributed by atoms with E-state index in [9.17, 15) is 13.2 Å². The fourth-order valence-electron chi connectivity index (χ4n) is 4.01. The molecule has 0 bridgehead atoms. The van der Waals surface area contributed by atoms with E-state index >= 15 is 0 Å². The Morgan fingerprint density at radius 1 is 1.03 bits per heavy atom. The fraction of sp³-hybridized carbons (Fsp3) is 0.269. The summed E-state index contributed by atoms with van der Waals surface area (Å²) >= 11 is 1.46. The van der Waals surface area contributed by atoms with Gasteiger partial charge >= 0.3 is 0 Å². The van der Waals surface area contributed by atoms with E-state index in [1.54, 1.807) is 43.3 Å². The molecule has 2 aromatic heterocycles. The summed E-state index contributed by atoms with van der Waals surface area (Å²) in [6.07, 6.45) is 3.41. The number of aromatic nitrogens is 2. The van der Waals surface area contributed by atoms with Gasteiger partial charge in [-0.1, -0.05) is 37.3 Å². The van der Waals surface area contributed by atoms with E-state index in [1.807, 2.05) is 26.0 Å². The Morgan fingerprint density at radius 3 is 2.37 bits per heavy atom. The summed E-state index contributed by atoms with van der Waals surface area (Å²) < 4.78 is 28.1. The summed E-state index contributed by atoms with van der Waals surface area (Å²) in [5.74, 6) is -0.255. The van der Waals surface area contributed by atoms with E-state index in [0.29, 0.717) is 30.3 Å². The average molecular weight is 509 g/mol. The second-order valence-corrected chi connectivity index (χ2v) is 11.2. The zero-order valence-corrected chi connectivity index (χ0v) is 21.9. The molecule has 4 aromatic rings. The molecule has 2 heterocycles. The van der Waals surface area contributed by atoms with E-state index in [2.05, 4.69) is 17.1 Å². The lowest BCUT2D eigenvalue weighted by Gasteiger charge is -2.21. The minimum atomic E-state index is -3.60. The third-order valence-corrected chi connectivity index (χ3v) is 8.89. The van der Waals surface area contributed by atoms with E-state index in [1.165, 1.54) is 27.8 Å². The molecule has 0 aliphatic heterocycles. The van der Waals surface area contributed by atoms with Crippen LogP contribution in [0.5, 0.6) is 0 Å². The van der Waals surface area contributed by atoms with Crippen LogP contribution in [0.4, 0.5) is 5.13 Å². The zero-order chi connectivity index (χ0) is 25.2. The van der Waals surface area contributed by atoms with Crippen LogP contribution in [0.2, 0.25) is 0 Å². The highest BCUT2D eigenvalue weighted by Gasteiger charge is 2.25. The van der Waals surface area contributed by atoms with Crippen molar-refractivity contribution in [3.8, 4) is 0 Å². The van der Waals surface area contributed by atoms with E-state index in [0.717, 1.165) is 26.9 Å². The van der Waals surface area contributed by atoms with Gasteiger partial charge in [-0.2, -0.15) is 4.31 Å². The average Bonchev–Trinajstić information content (AvgIpc) is 3.27. The van der Waals surface area contributed by atoms with Crippen molar-refractivity contribution >= 4 is 42.6 Å². The van der Waals surface area contributed by atoms with Crippen LogP contribution in [-0.4, -0.2) is 41.7 Å². The summed E-state index contributed by atoms with van der Waals surface area (Å²) in [5.41, 5.74) is 4.33. The van der Waals surface area contributed by atoms with Crippen molar-refractivity contribution in [2.24, 2.45) is 0 Å². The van der Waals surface area contributed by atoms with Gasteiger partial charge in [0.25, 0.3) is 5.91 Å². The molecule has 0 unspecified atom stereocenters. The summed E-state index contributed by atoms with van der Waals surface area (Å²) in [4.78, 5) is 24.5. The molecule has 1 amide bonds. The predicted octanol–water partition coefficient (Wildman–Crippen LogP) is 5.19. The molecule has 182 valence electrons. The van der Waals surface area contributed by atoms with Gasteiger partial charge in [-0.05, 0) is 66.9 Å². The monoisotopic (exact) mass is 508 g/mol. The van der Waals surface area contributed by atoms with Crippen LogP contribution >= 0.6 is 11.3 Å². The Labute approximate surface area is 210 Å². The number of aryl methyl sites for hydroxylation is 2. The zero-order valence-electron chi connectivity index (χ0n) is 20.2. The molecule has 0 atom stereocenters. The largest absolute Gasteiger partial charge is 0.279 e. The standard InChI is InChI=1S/C26H28N4O3S2/c1-5-29(6-2)35(32,33)22-11-9-21(10-12-22)25(31)30(17-20-8-7-13-27-16-20)26-28-24-19(4)14-18(3)15-23(24)34-26/h7-16H,5-6,17H2,1-4H3.